The Labute approximate surface area is 106 Å². The van der Waals surface area contributed by atoms with Gasteiger partial charge in [-0.25, -0.2) is 0 Å². The Hall–Kier alpha value is -2.05. The maximum Gasteiger partial charge on any atom is 0.416 e. The summed E-state index contributed by atoms with van der Waals surface area (Å²) in [6, 6.07) is 2.68. The van der Waals surface area contributed by atoms with Crippen LogP contribution in [0.2, 0.25) is 0 Å². The van der Waals surface area contributed by atoms with E-state index in [-0.39, 0.29) is 0 Å². The molecule has 0 amide bonds. The van der Waals surface area contributed by atoms with Crippen molar-refractivity contribution in [1.29, 1.82) is 0 Å². The van der Waals surface area contributed by atoms with Gasteiger partial charge in [0.1, 0.15) is 0 Å². The zero-order chi connectivity index (χ0) is 15.0. The second-order valence-electron chi connectivity index (χ2n) is 4.18. The summed E-state index contributed by atoms with van der Waals surface area (Å²) in [6.07, 6.45) is -4.71. The van der Waals surface area contributed by atoms with Crippen molar-refractivity contribution >= 4 is 11.9 Å². The number of alkyl halides is 3. The first kappa shape index (κ1) is 15.0. The number of carbonyl (C=O) groups is 2. The molecule has 0 bridgehead atoms. The van der Waals surface area contributed by atoms with Gasteiger partial charge in [0, 0.05) is 0 Å². The summed E-state index contributed by atoms with van der Waals surface area (Å²) in [5.74, 6) is -4.06. The van der Waals surface area contributed by atoms with Gasteiger partial charge in [-0.2, -0.15) is 13.2 Å². The minimum atomic E-state index is -4.71. The third-order valence-electron chi connectivity index (χ3n) is 2.99. The average Bonchev–Trinajstić information content (AvgIpc) is 2.26. The smallest absolute Gasteiger partial charge is 0.416 e. The number of hydrogen-bond acceptors (Lipinski definition) is 4. The number of carboxylic acids is 2. The third-order valence-corrected chi connectivity index (χ3v) is 2.99. The standard InChI is InChI=1S/C12H11F3O4/c1-6-7(11(2,9(16)17)10(18)19)4-3-5-8(6)12(13,14)15/h3-5H,1-2H3,(H,16,17)(H,18,19)/p-2. The lowest BCUT2D eigenvalue weighted by Gasteiger charge is -2.34. The Bertz CT molecular complexity index is 520. The number of carboxylic acid groups (broad SMARTS) is 2. The molecule has 0 unspecified atom stereocenters. The highest BCUT2D eigenvalue weighted by atomic mass is 19.4. The Kier molecular flexibility index (Phi) is 3.60. The van der Waals surface area contributed by atoms with E-state index in [0.29, 0.717) is 0 Å². The Morgan fingerprint density at radius 2 is 1.47 bits per heavy atom. The summed E-state index contributed by atoms with van der Waals surface area (Å²) in [7, 11) is 0. The molecule has 1 rings (SSSR count). The first-order valence-corrected chi connectivity index (χ1v) is 5.13. The Morgan fingerprint density at radius 1 is 1.05 bits per heavy atom. The quantitative estimate of drug-likeness (QED) is 0.713. The van der Waals surface area contributed by atoms with Crippen LogP contribution in [0.3, 0.4) is 0 Å². The molecular formula is C12H9F3O4-2. The number of carbonyl (C=O) groups excluding carboxylic acids is 2. The average molecular weight is 274 g/mol. The molecule has 0 N–H and O–H groups in total. The molecule has 0 saturated heterocycles. The summed E-state index contributed by atoms with van der Waals surface area (Å²) in [4.78, 5) is 21.9. The van der Waals surface area contributed by atoms with Crippen molar-refractivity contribution < 1.29 is 33.0 Å². The molecular weight excluding hydrogens is 265 g/mol. The third kappa shape index (κ3) is 2.40. The van der Waals surface area contributed by atoms with E-state index in [4.69, 9.17) is 0 Å². The molecule has 0 heterocycles. The van der Waals surface area contributed by atoms with Crippen LogP contribution in [0.4, 0.5) is 13.2 Å². The van der Waals surface area contributed by atoms with E-state index in [9.17, 15) is 33.0 Å². The Balaban J connectivity index is 3.61. The van der Waals surface area contributed by atoms with Gasteiger partial charge in [-0.05, 0) is 31.0 Å². The van der Waals surface area contributed by atoms with Gasteiger partial charge >= 0.3 is 6.18 Å². The summed E-state index contributed by atoms with van der Waals surface area (Å²) >= 11 is 0. The SMILES string of the molecule is Cc1c(C(F)(F)F)cccc1C(C)(C(=O)[O-])C(=O)[O-]. The monoisotopic (exact) mass is 274 g/mol. The summed E-state index contributed by atoms with van der Waals surface area (Å²) in [6.45, 7) is 1.74. The van der Waals surface area contributed by atoms with Gasteiger partial charge in [0.2, 0.25) is 0 Å². The van der Waals surface area contributed by atoms with Gasteiger partial charge in [0.25, 0.3) is 0 Å². The highest BCUT2D eigenvalue weighted by Gasteiger charge is 2.37. The van der Waals surface area contributed by atoms with Crippen LogP contribution in [0, 0.1) is 6.92 Å². The number of hydrogen-bond donors (Lipinski definition) is 0. The molecule has 0 saturated carbocycles. The van der Waals surface area contributed by atoms with E-state index in [1.165, 1.54) is 0 Å². The molecule has 0 aliphatic carbocycles. The highest BCUT2D eigenvalue weighted by Crippen LogP contribution is 2.36. The summed E-state index contributed by atoms with van der Waals surface area (Å²) < 4.78 is 38.1. The first-order valence-electron chi connectivity index (χ1n) is 5.13. The number of aliphatic carboxylic acids is 2. The van der Waals surface area contributed by atoms with Crippen molar-refractivity contribution in [3.8, 4) is 0 Å². The summed E-state index contributed by atoms with van der Waals surface area (Å²) in [5.41, 5.74) is -4.74. The molecule has 0 radical (unpaired) electrons. The van der Waals surface area contributed by atoms with Crippen LogP contribution >= 0.6 is 0 Å². The molecule has 1 aromatic rings. The number of halogens is 3. The second-order valence-corrected chi connectivity index (χ2v) is 4.18. The fourth-order valence-electron chi connectivity index (χ4n) is 1.79. The van der Waals surface area contributed by atoms with Crippen molar-refractivity contribution in [2.75, 3.05) is 0 Å². The van der Waals surface area contributed by atoms with Gasteiger partial charge in [0.05, 0.1) is 22.9 Å². The van der Waals surface area contributed by atoms with E-state index in [0.717, 1.165) is 32.0 Å². The number of benzene rings is 1. The summed E-state index contributed by atoms with van der Waals surface area (Å²) in [5, 5.41) is 21.9. The van der Waals surface area contributed by atoms with E-state index in [1.807, 2.05) is 0 Å². The van der Waals surface area contributed by atoms with Crippen LogP contribution in [0.15, 0.2) is 18.2 Å². The lowest BCUT2D eigenvalue weighted by Crippen LogP contribution is -2.55. The van der Waals surface area contributed by atoms with Crippen molar-refractivity contribution in [2.24, 2.45) is 0 Å². The van der Waals surface area contributed by atoms with E-state index in [2.05, 4.69) is 0 Å². The van der Waals surface area contributed by atoms with Crippen LogP contribution in [0.1, 0.15) is 23.6 Å². The predicted octanol–water partition coefficient (Wildman–Crippen LogP) is -0.229. The van der Waals surface area contributed by atoms with Crippen LogP contribution in [0.5, 0.6) is 0 Å². The van der Waals surface area contributed by atoms with Crippen molar-refractivity contribution in [1.82, 2.24) is 0 Å². The second kappa shape index (κ2) is 4.56. The maximum absolute atomic E-state index is 12.7. The zero-order valence-electron chi connectivity index (χ0n) is 10.00. The molecule has 7 heteroatoms. The van der Waals surface area contributed by atoms with Gasteiger partial charge < -0.3 is 19.8 Å². The van der Waals surface area contributed by atoms with Crippen LogP contribution < -0.4 is 10.2 Å². The van der Waals surface area contributed by atoms with Gasteiger partial charge in [-0.1, -0.05) is 12.1 Å². The first-order chi connectivity index (χ1) is 8.52. The van der Waals surface area contributed by atoms with Crippen molar-refractivity contribution in [3.05, 3.63) is 34.9 Å². The molecule has 0 aliphatic rings. The van der Waals surface area contributed by atoms with E-state index < -0.39 is 40.2 Å². The topological polar surface area (TPSA) is 80.3 Å². The zero-order valence-corrected chi connectivity index (χ0v) is 10.00. The Morgan fingerprint density at radius 3 is 1.84 bits per heavy atom. The van der Waals surface area contributed by atoms with Crippen molar-refractivity contribution in [3.63, 3.8) is 0 Å². The molecule has 0 aromatic heterocycles. The van der Waals surface area contributed by atoms with E-state index in [1.54, 1.807) is 0 Å². The maximum atomic E-state index is 12.7. The van der Waals surface area contributed by atoms with Crippen molar-refractivity contribution in [2.45, 2.75) is 25.4 Å². The molecule has 0 spiro atoms. The molecule has 19 heavy (non-hydrogen) atoms. The molecule has 1 aromatic carbocycles. The highest BCUT2D eigenvalue weighted by molar-refractivity contribution is 6.02. The largest absolute Gasteiger partial charge is 0.549 e. The van der Waals surface area contributed by atoms with Crippen LogP contribution in [0.25, 0.3) is 0 Å². The molecule has 0 atom stereocenters. The predicted molar refractivity (Wildman–Crippen MR) is 53.5 cm³/mol. The molecule has 4 nitrogen and oxygen atoms in total. The van der Waals surface area contributed by atoms with Crippen LogP contribution in [-0.2, 0) is 21.2 Å². The van der Waals surface area contributed by atoms with E-state index >= 15 is 0 Å². The lowest BCUT2D eigenvalue weighted by atomic mass is 9.79. The van der Waals surface area contributed by atoms with Gasteiger partial charge in [-0.3, -0.25) is 0 Å². The number of rotatable bonds is 3. The molecule has 0 aliphatic heterocycles. The lowest BCUT2D eigenvalue weighted by molar-refractivity contribution is -0.334. The molecule has 104 valence electrons. The minimum absolute atomic E-state index is 0.481. The fraction of sp³-hybridized carbons (Fsp3) is 0.333. The molecule has 0 fully saturated rings. The van der Waals surface area contributed by atoms with Crippen LogP contribution in [-0.4, -0.2) is 11.9 Å². The normalized spacial score (nSPS) is 12.3. The fourth-order valence-corrected chi connectivity index (χ4v) is 1.79. The van der Waals surface area contributed by atoms with Gasteiger partial charge in [-0.15, -0.1) is 0 Å². The van der Waals surface area contributed by atoms with Gasteiger partial charge in [0.15, 0.2) is 0 Å². The minimum Gasteiger partial charge on any atom is -0.549 e.